The van der Waals surface area contributed by atoms with Crippen LogP contribution in [0.5, 0.6) is 0 Å². The molecule has 2 aromatic carbocycles. The number of hydrogen-bond donors (Lipinski definition) is 0. The van der Waals surface area contributed by atoms with E-state index in [1.807, 2.05) is 37.3 Å². The van der Waals surface area contributed by atoms with Crippen LogP contribution in [-0.4, -0.2) is 36.5 Å². The molecule has 0 aliphatic heterocycles. The monoisotopic (exact) mass is 406 g/mol. The Morgan fingerprint density at radius 1 is 1.03 bits per heavy atom. The number of aromatic nitrogens is 5. The summed E-state index contributed by atoms with van der Waals surface area (Å²) >= 11 is 6.69. The van der Waals surface area contributed by atoms with E-state index >= 15 is 0 Å². The predicted molar refractivity (Wildman–Crippen MR) is 115 cm³/mol. The van der Waals surface area contributed by atoms with Crippen LogP contribution in [-0.2, 0) is 6.54 Å². The van der Waals surface area contributed by atoms with E-state index in [4.69, 9.17) is 11.6 Å². The first-order valence-corrected chi connectivity index (χ1v) is 9.87. The highest BCUT2D eigenvalue weighted by atomic mass is 35.5. The molecule has 6 nitrogen and oxygen atoms in total. The summed E-state index contributed by atoms with van der Waals surface area (Å²) in [5.74, 6) is 0. The first kappa shape index (κ1) is 19.4. The Kier molecular flexibility index (Phi) is 5.47. The molecule has 0 saturated carbocycles. The first-order valence-electron chi connectivity index (χ1n) is 9.49. The average molecular weight is 407 g/mol. The molecule has 0 amide bonds. The van der Waals surface area contributed by atoms with Crippen LogP contribution in [0, 0.1) is 6.92 Å². The van der Waals surface area contributed by atoms with Gasteiger partial charge < -0.3 is 0 Å². The maximum absolute atomic E-state index is 6.69. The molecular weight excluding hydrogens is 384 g/mol. The van der Waals surface area contributed by atoms with Gasteiger partial charge >= 0.3 is 0 Å². The summed E-state index contributed by atoms with van der Waals surface area (Å²) in [7, 11) is 2.10. The molecule has 7 heteroatoms. The van der Waals surface area contributed by atoms with E-state index in [-0.39, 0.29) is 6.04 Å². The zero-order valence-corrected chi connectivity index (χ0v) is 17.5. The molecule has 0 bridgehead atoms. The van der Waals surface area contributed by atoms with Crippen molar-refractivity contribution < 1.29 is 0 Å². The molecule has 29 heavy (non-hydrogen) atoms. The van der Waals surface area contributed by atoms with Crippen LogP contribution in [0.15, 0.2) is 67.3 Å². The molecule has 148 valence electrons. The van der Waals surface area contributed by atoms with Crippen LogP contribution in [0.4, 0.5) is 0 Å². The molecule has 0 radical (unpaired) electrons. The van der Waals surface area contributed by atoms with Crippen molar-refractivity contribution >= 4 is 11.6 Å². The van der Waals surface area contributed by atoms with Crippen LogP contribution < -0.4 is 0 Å². The lowest BCUT2D eigenvalue weighted by molar-refractivity contribution is 0.252. The standard InChI is InChI=1S/C22H23ClN6/c1-16-21(22(23)29(26-16)20-7-5-4-6-8-20)13-27(3)17(2)18-9-11-19(12-10-18)28-15-24-14-25-28/h4-12,14-15,17H,13H2,1-3H3. The van der Waals surface area contributed by atoms with Gasteiger partial charge in [-0.05, 0) is 50.7 Å². The highest BCUT2D eigenvalue weighted by Crippen LogP contribution is 2.28. The minimum Gasteiger partial charge on any atom is -0.295 e. The summed E-state index contributed by atoms with van der Waals surface area (Å²) in [6.07, 6.45) is 3.23. The van der Waals surface area contributed by atoms with Crippen LogP contribution >= 0.6 is 11.6 Å². The number of halogens is 1. The van der Waals surface area contributed by atoms with E-state index in [0.717, 1.165) is 22.6 Å². The first-order chi connectivity index (χ1) is 14.0. The highest BCUT2D eigenvalue weighted by Gasteiger charge is 2.19. The van der Waals surface area contributed by atoms with Gasteiger partial charge in [0.2, 0.25) is 0 Å². The minimum absolute atomic E-state index is 0.218. The molecule has 0 saturated heterocycles. The van der Waals surface area contributed by atoms with Crippen LogP contribution in [0.1, 0.15) is 29.8 Å². The van der Waals surface area contributed by atoms with Crippen molar-refractivity contribution in [2.75, 3.05) is 7.05 Å². The quantitative estimate of drug-likeness (QED) is 0.469. The van der Waals surface area contributed by atoms with Gasteiger partial charge in [-0.2, -0.15) is 10.2 Å². The maximum atomic E-state index is 6.69. The highest BCUT2D eigenvalue weighted by molar-refractivity contribution is 6.30. The Labute approximate surface area is 175 Å². The molecule has 4 aromatic rings. The van der Waals surface area contributed by atoms with Gasteiger partial charge in [0, 0.05) is 18.2 Å². The number of rotatable bonds is 6. The molecule has 2 heterocycles. The lowest BCUT2D eigenvalue weighted by Gasteiger charge is -2.25. The van der Waals surface area contributed by atoms with Crippen molar-refractivity contribution in [1.82, 2.24) is 29.4 Å². The fourth-order valence-electron chi connectivity index (χ4n) is 3.34. The summed E-state index contributed by atoms with van der Waals surface area (Å²) < 4.78 is 3.55. The summed E-state index contributed by atoms with van der Waals surface area (Å²) in [5.41, 5.74) is 5.17. The molecule has 1 unspecified atom stereocenters. The third-order valence-corrected chi connectivity index (χ3v) is 5.64. The third-order valence-electron chi connectivity index (χ3n) is 5.25. The second-order valence-corrected chi connectivity index (χ2v) is 7.48. The van der Waals surface area contributed by atoms with Crippen molar-refractivity contribution in [2.45, 2.75) is 26.4 Å². The van der Waals surface area contributed by atoms with E-state index < -0.39 is 0 Å². The molecule has 0 N–H and O–H groups in total. The normalized spacial score (nSPS) is 12.4. The van der Waals surface area contributed by atoms with Gasteiger partial charge in [0.1, 0.15) is 17.8 Å². The molecule has 0 spiro atoms. The van der Waals surface area contributed by atoms with E-state index in [0.29, 0.717) is 11.7 Å². The van der Waals surface area contributed by atoms with Crippen LogP contribution in [0.3, 0.4) is 0 Å². The molecular formula is C22H23ClN6. The number of benzene rings is 2. The van der Waals surface area contributed by atoms with Gasteiger partial charge in [-0.3, -0.25) is 4.90 Å². The van der Waals surface area contributed by atoms with Gasteiger partial charge in [-0.15, -0.1) is 0 Å². The zero-order valence-electron chi connectivity index (χ0n) is 16.7. The second kappa shape index (κ2) is 8.19. The van der Waals surface area contributed by atoms with Crippen LogP contribution in [0.2, 0.25) is 5.15 Å². The molecule has 2 aromatic heterocycles. The summed E-state index contributed by atoms with van der Waals surface area (Å²) in [6.45, 7) is 4.91. The molecule has 0 aliphatic rings. The van der Waals surface area contributed by atoms with Gasteiger partial charge in [-0.25, -0.2) is 14.3 Å². The van der Waals surface area contributed by atoms with Gasteiger partial charge in [0.15, 0.2) is 0 Å². The fourth-order valence-corrected chi connectivity index (χ4v) is 3.67. The number of aryl methyl sites for hydroxylation is 1. The lowest BCUT2D eigenvalue weighted by Crippen LogP contribution is -2.22. The maximum Gasteiger partial charge on any atom is 0.138 e. The summed E-state index contributed by atoms with van der Waals surface area (Å²) in [6, 6.07) is 18.5. The van der Waals surface area contributed by atoms with Crippen LogP contribution in [0.25, 0.3) is 11.4 Å². The Bertz CT molecular complexity index is 1070. The van der Waals surface area contributed by atoms with Crippen molar-refractivity contribution in [3.8, 4) is 11.4 Å². The van der Waals surface area contributed by atoms with Gasteiger partial charge in [-0.1, -0.05) is 41.9 Å². The summed E-state index contributed by atoms with van der Waals surface area (Å²) in [5, 5.41) is 9.48. The largest absolute Gasteiger partial charge is 0.295 e. The van der Waals surface area contributed by atoms with Crippen molar-refractivity contribution in [1.29, 1.82) is 0 Å². The second-order valence-electron chi connectivity index (χ2n) is 7.12. The topological polar surface area (TPSA) is 51.8 Å². The minimum atomic E-state index is 0.218. The Morgan fingerprint density at radius 2 is 1.76 bits per heavy atom. The molecule has 4 rings (SSSR count). The Morgan fingerprint density at radius 3 is 2.41 bits per heavy atom. The van der Waals surface area contributed by atoms with Gasteiger partial charge in [0.25, 0.3) is 0 Å². The van der Waals surface area contributed by atoms with Crippen molar-refractivity contribution in [3.63, 3.8) is 0 Å². The third kappa shape index (κ3) is 3.95. The Balaban J connectivity index is 1.52. The van der Waals surface area contributed by atoms with Crippen molar-refractivity contribution in [2.24, 2.45) is 0 Å². The lowest BCUT2D eigenvalue weighted by atomic mass is 10.1. The molecule has 0 fully saturated rings. The van der Waals surface area contributed by atoms with E-state index in [9.17, 15) is 0 Å². The number of nitrogens with zero attached hydrogens (tertiary/aromatic N) is 6. The molecule has 0 aliphatic carbocycles. The predicted octanol–water partition coefficient (Wildman–Crippen LogP) is 4.61. The van der Waals surface area contributed by atoms with E-state index in [1.165, 1.54) is 11.9 Å². The summed E-state index contributed by atoms with van der Waals surface area (Å²) in [4.78, 5) is 6.27. The average Bonchev–Trinajstić information content (AvgIpc) is 3.38. The van der Waals surface area contributed by atoms with E-state index in [2.05, 4.69) is 58.3 Å². The van der Waals surface area contributed by atoms with E-state index in [1.54, 1.807) is 15.7 Å². The number of hydrogen-bond acceptors (Lipinski definition) is 4. The zero-order chi connectivity index (χ0) is 20.4. The number of para-hydroxylation sites is 1. The van der Waals surface area contributed by atoms with Gasteiger partial charge in [0.05, 0.1) is 17.1 Å². The Hall–Kier alpha value is -2.96. The SMILES string of the molecule is Cc1nn(-c2ccccc2)c(Cl)c1CN(C)C(C)c1ccc(-n2cncn2)cc1. The smallest absolute Gasteiger partial charge is 0.138 e. The fraction of sp³-hybridized carbons (Fsp3) is 0.227. The van der Waals surface area contributed by atoms with Crippen molar-refractivity contribution in [3.05, 3.63) is 89.2 Å². The molecule has 1 atom stereocenters.